The van der Waals surface area contributed by atoms with Crippen molar-refractivity contribution in [2.45, 2.75) is 39.7 Å². The van der Waals surface area contributed by atoms with Gasteiger partial charge in [0.05, 0.1) is 16.3 Å². The van der Waals surface area contributed by atoms with Crippen LogP contribution in [0.5, 0.6) is 0 Å². The van der Waals surface area contributed by atoms with Gasteiger partial charge in [-0.25, -0.2) is 0 Å². The number of carbonyl (C=O) groups excluding carboxylic acids is 2. The van der Waals surface area contributed by atoms with Gasteiger partial charge in [0.25, 0.3) is 11.6 Å². The number of carbonyl (C=O) groups is 2. The molecule has 36 heavy (non-hydrogen) atoms. The Hall–Kier alpha value is -4.02. The first-order valence-corrected chi connectivity index (χ1v) is 12.0. The van der Waals surface area contributed by atoms with Gasteiger partial charge in [0, 0.05) is 50.1 Å². The number of benzene rings is 1. The smallest absolute Gasteiger partial charge is 0.270 e. The summed E-state index contributed by atoms with van der Waals surface area (Å²) in [5, 5.41) is 19.4. The minimum absolute atomic E-state index is 0.0000554. The van der Waals surface area contributed by atoms with Crippen molar-refractivity contribution in [3.05, 3.63) is 63.7 Å². The van der Waals surface area contributed by atoms with Gasteiger partial charge >= 0.3 is 0 Å². The molecular weight excluding hydrogens is 464 g/mol. The van der Waals surface area contributed by atoms with Crippen LogP contribution in [-0.4, -0.2) is 67.7 Å². The number of nitro benzene ring substituents is 1. The van der Waals surface area contributed by atoms with Crippen molar-refractivity contribution in [1.82, 2.24) is 24.7 Å². The van der Waals surface area contributed by atoms with Crippen LogP contribution in [0.25, 0.3) is 11.3 Å². The van der Waals surface area contributed by atoms with Gasteiger partial charge in [-0.15, -0.1) is 0 Å². The number of rotatable bonds is 5. The number of nitro groups is 1. The zero-order valence-corrected chi connectivity index (χ0v) is 20.3. The second-order valence-corrected chi connectivity index (χ2v) is 9.76. The molecule has 0 bridgehead atoms. The van der Waals surface area contributed by atoms with Crippen molar-refractivity contribution in [3.63, 3.8) is 0 Å². The summed E-state index contributed by atoms with van der Waals surface area (Å²) in [6, 6.07) is 8.04. The zero-order valence-electron chi connectivity index (χ0n) is 20.3. The van der Waals surface area contributed by atoms with E-state index in [0.29, 0.717) is 54.5 Å². The predicted molar refractivity (Wildman–Crippen MR) is 129 cm³/mol. The highest BCUT2D eigenvalue weighted by atomic mass is 16.6. The van der Waals surface area contributed by atoms with E-state index in [2.05, 4.69) is 10.3 Å². The highest BCUT2D eigenvalue weighted by Gasteiger charge is 2.43. The standard InChI is InChI=1S/C25H28N6O5/c1-17-23(18(2)36-27-17)24(33)28-11-7-25(8-12-28)9-13-29(16-25)22(32)15-30-10-6-21(26-30)19-4-3-5-20(14-19)31(34)35/h3-6,10,14H,7-9,11-13,15-16H2,1-2H3. The third kappa shape index (κ3) is 4.48. The summed E-state index contributed by atoms with van der Waals surface area (Å²) in [5.41, 5.74) is 2.41. The maximum Gasteiger partial charge on any atom is 0.270 e. The summed E-state index contributed by atoms with van der Waals surface area (Å²) in [5.74, 6) is 0.503. The second-order valence-electron chi connectivity index (χ2n) is 9.76. The van der Waals surface area contributed by atoms with E-state index in [-0.39, 0.29) is 29.5 Å². The summed E-state index contributed by atoms with van der Waals surface area (Å²) in [4.78, 5) is 40.3. The molecule has 188 valence electrons. The Labute approximate surface area is 207 Å². The topological polar surface area (TPSA) is 128 Å². The van der Waals surface area contributed by atoms with Gasteiger partial charge in [0.2, 0.25) is 5.91 Å². The summed E-state index contributed by atoms with van der Waals surface area (Å²) in [6.07, 6.45) is 4.34. The first-order valence-electron chi connectivity index (χ1n) is 12.0. The van der Waals surface area contributed by atoms with E-state index in [1.54, 1.807) is 42.9 Å². The fraction of sp³-hybridized carbons (Fsp3) is 0.440. The van der Waals surface area contributed by atoms with Crippen molar-refractivity contribution < 1.29 is 19.0 Å². The SMILES string of the molecule is Cc1noc(C)c1C(=O)N1CCC2(CCN(C(=O)Cn3ccc(-c4cccc([N+](=O)[O-])c4)n3)C2)CC1. The van der Waals surface area contributed by atoms with Crippen LogP contribution in [0.4, 0.5) is 5.69 Å². The van der Waals surface area contributed by atoms with Crippen LogP contribution in [0.2, 0.25) is 0 Å². The Morgan fingerprint density at radius 2 is 1.83 bits per heavy atom. The third-order valence-corrected chi connectivity index (χ3v) is 7.44. The predicted octanol–water partition coefficient (Wildman–Crippen LogP) is 3.22. The van der Waals surface area contributed by atoms with Gasteiger partial charge in [0.1, 0.15) is 17.9 Å². The summed E-state index contributed by atoms with van der Waals surface area (Å²) >= 11 is 0. The van der Waals surface area contributed by atoms with Crippen molar-refractivity contribution in [2.75, 3.05) is 26.2 Å². The lowest BCUT2D eigenvalue weighted by Gasteiger charge is -2.39. The number of piperidine rings is 1. The van der Waals surface area contributed by atoms with Crippen LogP contribution in [0.1, 0.15) is 41.1 Å². The number of aryl methyl sites for hydroxylation is 2. The Morgan fingerprint density at radius 3 is 2.50 bits per heavy atom. The van der Waals surface area contributed by atoms with Gasteiger partial charge in [-0.1, -0.05) is 17.3 Å². The fourth-order valence-corrected chi connectivity index (χ4v) is 5.31. The van der Waals surface area contributed by atoms with Gasteiger partial charge < -0.3 is 14.3 Å². The third-order valence-electron chi connectivity index (χ3n) is 7.44. The number of nitrogens with zero attached hydrogens (tertiary/aromatic N) is 6. The molecule has 2 fully saturated rings. The molecular formula is C25H28N6O5. The quantitative estimate of drug-likeness (QED) is 0.395. The van der Waals surface area contributed by atoms with Gasteiger partial charge in [-0.05, 0) is 44.6 Å². The van der Waals surface area contributed by atoms with E-state index in [1.165, 1.54) is 12.1 Å². The lowest BCUT2D eigenvalue weighted by atomic mass is 9.77. The van der Waals surface area contributed by atoms with Crippen LogP contribution in [-0.2, 0) is 11.3 Å². The average molecular weight is 493 g/mol. The summed E-state index contributed by atoms with van der Waals surface area (Å²) in [6.45, 7) is 6.32. The Bertz CT molecular complexity index is 1300. The van der Waals surface area contributed by atoms with Crippen molar-refractivity contribution in [1.29, 1.82) is 0 Å². The number of non-ortho nitro benzene ring substituents is 1. The summed E-state index contributed by atoms with van der Waals surface area (Å²) < 4.78 is 6.73. The highest BCUT2D eigenvalue weighted by Crippen LogP contribution is 2.41. The highest BCUT2D eigenvalue weighted by molar-refractivity contribution is 5.96. The van der Waals surface area contributed by atoms with Crippen LogP contribution in [0.15, 0.2) is 41.1 Å². The minimum Gasteiger partial charge on any atom is -0.361 e. The molecule has 2 aliphatic rings. The molecule has 0 aliphatic carbocycles. The largest absolute Gasteiger partial charge is 0.361 e. The van der Waals surface area contributed by atoms with Crippen LogP contribution in [0, 0.1) is 29.4 Å². The van der Waals surface area contributed by atoms with Gasteiger partial charge in [-0.2, -0.15) is 5.10 Å². The zero-order chi connectivity index (χ0) is 25.4. The molecule has 2 amide bonds. The number of aromatic nitrogens is 3. The van der Waals surface area contributed by atoms with Gasteiger partial charge in [0.15, 0.2) is 0 Å². The molecule has 0 saturated carbocycles. The molecule has 0 atom stereocenters. The molecule has 0 unspecified atom stereocenters. The summed E-state index contributed by atoms with van der Waals surface area (Å²) in [7, 11) is 0. The average Bonchev–Trinajstić information content (AvgIpc) is 3.59. The fourth-order valence-electron chi connectivity index (χ4n) is 5.31. The van der Waals surface area contributed by atoms with Gasteiger partial charge in [-0.3, -0.25) is 24.4 Å². The number of amides is 2. The molecule has 1 spiro atoms. The molecule has 11 heteroatoms. The molecule has 0 N–H and O–H groups in total. The Morgan fingerprint density at radius 1 is 1.11 bits per heavy atom. The van der Waals surface area contributed by atoms with Crippen LogP contribution >= 0.6 is 0 Å². The molecule has 0 radical (unpaired) electrons. The molecule has 2 aromatic heterocycles. The molecule has 1 aromatic carbocycles. The molecule has 2 saturated heterocycles. The molecule has 4 heterocycles. The van der Waals surface area contributed by atoms with Crippen molar-refractivity contribution >= 4 is 17.5 Å². The van der Waals surface area contributed by atoms with E-state index in [9.17, 15) is 19.7 Å². The maximum atomic E-state index is 13.0. The maximum absolute atomic E-state index is 13.0. The lowest BCUT2D eigenvalue weighted by molar-refractivity contribution is -0.384. The van der Waals surface area contributed by atoms with E-state index in [4.69, 9.17) is 4.52 Å². The molecule has 5 rings (SSSR count). The van der Waals surface area contributed by atoms with E-state index in [0.717, 1.165) is 19.3 Å². The van der Waals surface area contributed by atoms with E-state index in [1.807, 2.05) is 9.80 Å². The molecule has 2 aliphatic heterocycles. The number of hydrogen-bond donors (Lipinski definition) is 0. The van der Waals surface area contributed by atoms with Crippen LogP contribution in [0.3, 0.4) is 0 Å². The Balaban J connectivity index is 1.17. The van der Waals surface area contributed by atoms with E-state index < -0.39 is 4.92 Å². The minimum atomic E-state index is -0.440. The second kappa shape index (κ2) is 9.21. The normalized spacial score (nSPS) is 17.1. The van der Waals surface area contributed by atoms with Crippen molar-refractivity contribution in [2.24, 2.45) is 5.41 Å². The lowest BCUT2D eigenvalue weighted by Crippen LogP contribution is -2.45. The first kappa shape index (κ1) is 23.7. The van der Waals surface area contributed by atoms with Crippen molar-refractivity contribution in [3.8, 4) is 11.3 Å². The Kier molecular flexibility index (Phi) is 6.07. The monoisotopic (exact) mass is 492 g/mol. The molecule has 11 nitrogen and oxygen atoms in total. The first-order chi connectivity index (χ1) is 17.2. The number of likely N-dealkylation sites (tertiary alicyclic amines) is 2. The molecule has 3 aromatic rings. The number of hydrogen-bond acceptors (Lipinski definition) is 7. The van der Waals surface area contributed by atoms with E-state index >= 15 is 0 Å². The van der Waals surface area contributed by atoms with Crippen LogP contribution < -0.4 is 0 Å².